The molecule has 0 spiro atoms. The normalized spacial score (nSPS) is 23.1. The molecule has 1 aromatic carbocycles. The van der Waals surface area contributed by atoms with Crippen molar-refractivity contribution in [3.05, 3.63) is 29.6 Å². The topological polar surface area (TPSA) is 75.3 Å². The summed E-state index contributed by atoms with van der Waals surface area (Å²) >= 11 is 0. The van der Waals surface area contributed by atoms with Gasteiger partial charge in [0.2, 0.25) is 0 Å². The molecule has 1 saturated carbocycles. The van der Waals surface area contributed by atoms with Crippen molar-refractivity contribution in [1.82, 2.24) is 5.32 Å². The molecule has 1 fully saturated rings. The molecule has 0 heterocycles. The van der Waals surface area contributed by atoms with E-state index in [1.54, 1.807) is 0 Å². The van der Waals surface area contributed by atoms with Gasteiger partial charge in [-0.25, -0.2) is 4.39 Å². The number of amides is 1. The van der Waals surface area contributed by atoms with Crippen LogP contribution in [0.4, 0.5) is 4.39 Å². The molecule has 19 heavy (non-hydrogen) atoms. The van der Waals surface area contributed by atoms with Gasteiger partial charge in [0.05, 0.1) is 5.56 Å². The Morgan fingerprint density at radius 2 is 2.26 bits per heavy atom. The number of phenols is 1. The number of carbonyl (C=O) groups excluding carboxylic acids is 1. The van der Waals surface area contributed by atoms with Crippen LogP contribution in [0.2, 0.25) is 0 Å². The lowest BCUT2D eigenvalue weighted by Gasteiger charge is -2.26. The molecule has 0 aliphatic heterocycles. The maximum atomic E-state index is 13.5. The fraction of sp³-hybridized carbons (Fsp3) is 0.500. The Labute approximate surface area is 111 Å². The molecule has 104 valence electrons. The van der Waals surface area contributed by atoms with Crippen molar-refractivity contribution in [2.75, 3.05) is 6.54 Å². The Balaban J connectivity index is 1.90. The molecule has 5 heteroatoms. The number of halogens is 1. The zero-order chi connectivity index (χ0) is 13.8. The molecule has 2 atom stereocenters. The maximum Gasteiger partial charge on any atom is 0.254 e. The highest BCUT2D eigenvalue weighted by atomic mass is 19.1. The molecule has 1 aromatic rings. The lowest BCUT2D eigenvalue weighted by molar-refractivity contribution is 0.0938. The van der Waals surface area contributed by atoms with Crippen molar-refractivity contribution in [3.63, 3.8) is 0 Å². The fourth-order valence-corrected chi connectivity index (χ4v) is 2.54. The molecule has 0 radical (unpaired) electrons. The van der Waals surface area contributed by atoms with Gasteiger partial charge in [0.15, 0.2) is 0 Å². The largest absolute Gasteiger partial charge is 0.508 e. The van der Waals surface area contributed by atoms with E-state index in [9.17, 15) is 9.18 Å². The van der Waals surface area contributed by atoms with Crippen LogP contribution in [0.3, 0.4) is 0 Å². The van der Waals surface area contributed by atoms with Crippen LogP contribution < -0.4 is 11.1 Å². The number of phenolic OH excluding ortho intramolecular Hbond substituents is 1. The minimum Gasteiger partial charge on any atom is -0.508 e. The molecule has 0 saturated heterocycles. The second-order valence-corrected chi connectivity index (χ2v) is 5.17. The van der Waals surface area contributed by atoms with Gasteiger partial charge in [0, 0.05) is 18.7 Å². The average molecular weight is 266 g/mol. The van der Waals surface area contributed by atoms with E-state index in [-0.39, 0.29) is 17.4 Å². The van der Waals surface area contributed by atoms with Gasteiger partial charge in [-0.2, -0.15) is 0 Å². The summed E-state index contributed by atoms with van der Waals surface area (Å²) in [6.07, 6.45) is 4.07. The Hall–Kier alpha value is -1.62. The summed E-state index contributed by atoms with van der Waals surface area (Å²) in [7, 11) is 0. The Morgan fingerprint density at radius 3 is 2.95 bits per heavy atom. The van der Waals surface area contributed by atoms with Gasteiger partial charge in [-0.3, -0.25) is 4.79 Å². The van der Waals surface area contributed by atoms with Gasteiger partial charge < -0.3 is 16.2 Å². The van der Waals surface area contributed by atoms with Gasteiger partial charge >= 0.3 is 0 Å². The van der Waals surface area contributed by atoms with Crippen LogP contribution in [0.5, 0.6) is 5.75 Å². The van der Waals surface area contributed by atoms with Crippen LogP contribution in [0, 0.1) is 11.7 Å². The van der Waals surface area contributed by atoms with E-state index < -0.39 is 11.7 Å². The van der Waals surface area contributed by atoms with E-state index in [4.69, 9.17) is 10.8 Å². The third kappa shape index (κ3) is 3.67. The van der Waals surface area contributed by atoms with Crippen LogP contribution in [0.25, 0.3) is 0 Å². The zero-order valence-electron chi connectivity index (χ0n) is 10.7. The van der Waals surface area contributed by atoms with E-state index in [0.29, 0.717) is 12.5 Å². The van der Waals surface area contributed by atoms with Gasteiger partial charge in [-0.05, 0) is 37.3 Å². The summed E-state index contributed by atoms with van der Waals surface area (Å²) in [5.74, 6) is -0.977. The van der Waals surface area contributed by atoms with Gasteiger partial charge in [0.25, 0.3) is 5.91 Å². The van der Waals surface area contributed by atoms with E-state index >= 15 is 0 Å². The average Bonchev–Trinajstić information content (AvgIpc) is 2.36. The molecular formula is C14H19FN2O2. The fourth-order valence-electron chi connectivity index (χ4n) is 2.54. The van der Waals surface area contributed by atoms with Gasteiger partial charge in [0.1, 0.15) is 11.6 Å². The summed E-state index contributed by atoms with van der Waals surface area (Å²) in [4.78, 5) is 11.8. The summed E-state index contributed by atoms with van der Waals surface area (Å²) in [5.41, 5.74) is 5.84. The molecular weight excluding hydrogens is 247 g/mol. The zero-order valence-corrected chi connectivity index (χ0v) is 10.7. The standard InChI is InChI=1S/C14H19FN2O2/c15-13-7-11(18)4-5-12(13)14(19)17-8-9-2-1-3-10(16)6-9/h4-5,7,9-10,18H,1-3,6,8,16H2,(H,17,19). The molecule has 2 unspecified atom stereocenters. The summed E-state index contributed by atoms with van der Waals surface area (Å²) in [6, 6.07) is 3.73. The van der Waals surface area contributed by atoms with Crippen LogP contribution in [-0.2, 0) is 0 Å². The minimum absolute atomic E-state index is 0.0436. The first-order valence-corrected chi connectivity index (χ1v) is 6.58. The van der Waals surface area contributed by atoms with Crippen molar-refractivity contribution >= 4 is 5.91 Å². The van der Waals surface area contributed by atoms with E-state index in [1.165, 1.54) is 12.1 Å². The number of aromatic hydroxyl groups is 1. The number of carbonyl (C=O) groups is 1. The molecule has 2 rings (SSSR count). The van der Waals surface area contributed by atoms with Crippen LogP contribution in [0.1, 0.15) is 36.0 Å². The molecule has 4 N–H and O–H groups in total. The number of hydrogen-bond acceptors (Lipinski definition) is 3. The molecule has 1 aliphatic rings. The number of nitrogens with two attached hydrogens (primary N) is 1. The SMILES string of the molecule is NC1CCCC(CNC(=O)c2ccc(O)cc2F)C1. The first-order valence-electron chi connectivity index (χ1n) is 6.58. The highest BCUT2D eigenvalue weighted by Crippen LogP contribution is 2.22. The smallest absolute Gasteiger partial charge is 0.254 e. The second-order valence-electron chi connectivity index (χ2n) is 5.17. The molecule has 1 aliphatic carbocycles. The van der Waals surface area contributed by atoms with Crippen LogP contribution in [-0.4, -0.2) is 23.6 Å². The highest BCUT2D eigenvalue weighted by Gasteiger charge is 2.20. The summed E-state index contributed by atoms with van der Waals surface area (Å²) < 4.78 is 13.5. The first-order chi connectivity index (χ1) is 9.06. The monoisotopic (exact) mass is 266 g/mol. The van der Waals surface area contributed by atoms with Gasteiger partial charge in [-0.15, -0.1) is 0 Å². The molecule has 4 nitrogen and oxygen atoms in total. The van der Waals surface area contributed by atoms with Crippen molar-refractivity contribution in [1.29, 1.82) is 0 Å². The van der Waals surface area contributed by atoms with E-state index in [2.05, 4.69) is 5.32 Å². The van der Waals surface area contributed by atoms with Crippen molar-refractivity contribution in [2.24, 2.45) is 11.7 Å². The highest BCUT2D eigenvalue weighted by molar-refractivity contribution is 5.94. The maximum absolute atomic E-state index is 13.5. The number of nitrogens with one attached hydrogen (secondary N) is 1. The first kappa shape index (κ1) is 13.8. The molecule has 0 aromatic heterocycles. The number of benzene rings is 1. The Kier molecular flexibility index (Phi) is 4.37. The Morgan fingerprint density at radius 1 is 1.47 bits per heavy atom. The quantitative estimate of drug-likeness (QED) is 0.780. The predicted molar refractivity (Wildman–Crippen MR) is 70.3 cm³/mol. The van der Waals surface area contributed by atoms with Crippen molar-refractivity contribution in [2.45, 2.75) is 31.7 Å². The summed E-state index contributed by atoms with van der Waals surface area (Å²) in [6.45, 7) is 0.521. The van der Waals surface area contributed by atoms with E-state index in [0.717, 1.165) is 31.7 Å². The summed E-state index contributed by atoms with van der Waals surface area (Å²) in [5, 5.41) is 11.8. The lowest BCUT2D eigenvalue weighted by atomic mass is 9.86. The van der Waals surface area contributed by atoms with Crippen LogP contribution in [0.15, 0.2) is 18.2 Å². The van der Waals surface area contributed by atoms with Gasteiger partial charge in [-0.1, -0.05) is 6.42 Å². The lowest BCUT2D eigenvalue weighted by Crippen LogP contribution is -2.35. The molecule has 1 amide bonds. The Bertz CT molecular complexity index is 465. The van der Waals surface area contributed by atoms with Crippen molar-refractivity contribution in [3.8, 4) is 5.75 Å². The van der Waals surface area contributed by atoms with Crippen molar-refractivity contribution < 1.29 is 14.3 Å². The van der Waals surface area contributed by atoms with E-state index in [1.807, 2.05) is 0 Å². The number of rotatable bonds is 3. The minimum atomic E-state index is -0.710. The third-order valence-electron chi connectivity index (χ3n) is 3.57. The molecule has 0 bridgehead atoms. The predicted octanol–water partition coefficient (Wildman–Crippen LogP) is 1.78. The second kappa shape index (κ2) is 6.02. The van der Waals surface area contributed by atoms with Crippen LogP contribution >= 0.6 is 0 Å². The number of hydrogen-bond donors (Lipinski definition) is 3. The third-order valence-corrected chi connectivity index (χ3v) is 3.57.